The maximum Gasteiger partial charge on any atom is 0.338 e. The zero-order chi connectivity index (χ0) is 23.4. The van der Waals surface area contributed by atoms with Gasteiger partial charge in [-0.15, -0.1) is 0 Å². The molecule has 2 aliphatic heterocycles. The number of rotatable bonds is 8. The fraction of sp³-hybridized carbons (Fsp3) is 0.417. The van der Waals surface area contributed by atoms with Gasteiger partial charge in [0.1, 0.15) is 30.3 Å². The van der Waals surface area contributed by atoms with Crippen molar-refractivity contribution >= 4 is 11.9 Å². The van der Waals surface area contributed by atoms with E-state index in [1.165, 1.54) is 24.3 Å². The highest BCUT2D eigenvalue weighted by Crippen LogP contribution is 2.31. The number of ether oxygens (including phenoxy) is 6. The molecule has 0 bridgehead atoms. The number of benzene rings is 2. The van der Waals surface area contributed by atoms with Gasteiger partial charge in [0.25, 0.3) is 0 Å². The molecule has 0 amide bonds. The molecule has 2 saturated heterocycles. The number of carbonyl (C=O) groups excluding carboxylic acids is 2. The van der Waals surface area contributed by atoms with Gasteiger partial charge in [-0.05, 0) is 55.5 Å². The Bertz CT molecular complexity index is 957. The van der Waals surface area contributed by atoms with Crippen LogP contribution in [0.2, 0.25) is 0 Å². The zero-order valence-electron chi connectivity index (χ0n) is 18.3. The third kappa shape index (κ3) is 5.44. The Balaban J connectivity index is 1.29. The number of hydrogen-bond donors (Lipinski definition) is 1. The van der Waals surface area contributed by atoms with Gasteiger partial charge in [-0.25, -0.2) is 9.59 Å². The molecule has 5 unspecified atom stereocenters. The van der Waals surface area contributed by atoms with Crippen LogP contribution in [0.3, 0.4) is 0 Å². The van der Waals surface area contributed by atoms with Crippen molar-refractivity contribution in [3.05, 3.63) is 59.7 Å². The summed E-state index contributed by atoms with van der Waals surface area (Å²) < 4.78 is 33.3. The van der Waals surface area contributed by atoms with E-state index in [1.807, 2.05) is 6.92 Å². The van der Waals surface area contributed by atoms with Crippen LogP contribution in [0.4, 0.5) is 0 Å². The van der Waals surface area contributed by atoms with Gasteiger partial charge in [-0.3, -0.25) is 0 Å². The number of esters is 2. The number of fused-ring (bicyclic) bond motifs is 1. The molecule has 2 heterocycles. The molecular formula is C24H26O9. The van der Waals surface area contributed by atoms with Crippen LogP contribution in [0, 0.1) is 0 Å². The topological polar surface area (TPSA) is 110 Å². The van der Waals surface area contributed by atoms with E-state index in [0.29, 0.717) is 23.5 Å². The molecule has 0 radical (unpaired) electrons. The Labute approximate surface area is 191 Å². The average Bonchev–Trinajstić information content (AvgIpc) is 3.41. The molecule has 1 N–H and O–H groups in total. The number of methoxy groups -OCH3 is 1. The van der Waals surface area contributed by atoms with E-state index in [0.717, 1.165) is 0 Å². The van der Waals surface area contributed by atoms with Crippen molar-refractivity contribution in [3.8, 4) is 11.5 Å². The lowest BCUT2D eigenvalue weighted by Crippen LogP contribution is -2.36. The quantitative estimate of drug-likeness (QED) is 0.596. The largest absolute Gasteiger partial charge is 0.508 e. The van der Waals surface area contributed by atoms with Crippen molar-refractivity contribution in [3.63, 3.8) is 0 Å². The highest BCUT2D eigenvalue weighted by atomic mass is 16.7. The summed E-state index contributed by atoms with van der Waals surface area (Å²) in [7, 11) is 1.61. The Morgan fingerprint density at radius 2 is 1.39 bits per heavy atom. The molecule has 2 fully saturated rings. The highest BCUT2D eigenvalue weighted by molar-refractivity contribution is 5.90. The van der Waals surface area contributed by atoms with Crippen molar-refractivity contribution in [2.45, 2.75) is 37.4 Å². The molecule has 2 aromatic rings. The predicted octanol–water partition coefficient (Wildman–Crippen LogP) is 2.35. The lowest BCUT2D eigenvalue weighted by molar-refractivity contribution is -0.0287. The van der Waals surface area contributed by atoms with Crippen LogP contribution in [0.5, 0.6) is 11.5 Å². The fourth-order valence-electron chi connectivity index (χ4n) is 3.61. The van der Waals surface area contributed by atoms with E-state index in [-0.39, 0.29) is 25.1 Å². The number of hydrogen-bond acceptors (Lipinski definition) is 9. The van der Waals surface area contributed by atoms with Gasteiger partial charge in [0.15, 0.2) is 12.2 Å². The number of carbonyl (C=O) groups is 2. The molecule has 0 aliphatic carbocycles. The summed E-state index contributed by atoms with van der Waals surface area (Å²) in [5.41, 5.74) is 0.681. The lowest BCUT2D eigenvalue weighted by atomic mass is 10.1. The van der Waals surface area contributed by atoms with Crippen LogP contribution >= 0.6 is 0 Å². The third-order valence-electron chi connectivity index (χ3n) is 5.56. The van der Waals surface area contributed by atoms with E-state index in [1.54, 1.807) is 31.4 Å². The molecule has 5 atom stereocenters. The molecule has 9 heteroatoms. The summed E-state index contributed by atoms with van der Waals surface area (Å²) in [6.45, 7) is 2.58. The van der Waals surface area contributed by atoms with Crippen LogP contribution in [-0.4, -0.2) is 74.5 Å². The minimum Gasteiger partial charge on any atom is -0.508 e. The lowest BCUT2D eigenvalue weighted by Gasteiger charge is -2.17. The Morgan fingerprint density at radius 3 is 1.88 bits per heavy atom. The first-order chi connectivity index (χ1) is 15.9. The molecule has 9 nitrogen and oxygen atoms in total. The molecule has 2 aliphatic rings. The first kappa shape index (κ1) is 23.0. The second-order valence-electron chi connectivity index (χ2n) is 7.91. The van der Waals surface area contributed by atoms with Crippen molar-refractivity contribution in [1.29, 1.82) is 0 Å². The smallest absolute Gasteiger partial charge is 0.338 e. The van der Waals surface area contributed by atoms with E-state index in [2.05, 4.69) is 0 Å². The zero-order valence-corrected chi connectivity index (χ0v) is 18.3. The molecular weight excluding hydrogens is 432 g/mol. The Hall–Kier alpha value is -3.14. The van der Waals surface area contributed by atoms with Crippen molar-refractivity contribution in [2.75, 3.05) is 26.9 Å². The summed E-state index contributed by atoms with van der Waals surface area (Å²) in [6.07, 6.45) is -2.32. The maximum atomic E-state index is 12.6. The minimum atomic E-state index is -0.620. The van der Waals surface area contributed by atoms with Crippen LogP contribution in [0.25, 0.3) is 0 Å². The van der Waals surface area contributed by atoms with Crippen molar-refractivity contribution in [2.24, 2.45) is 0 Å². The molecule has 0 aromatic heterocycles. The molecule has 176 valence electrons. The summed E-state index contributed by atoms with van der Waals surface area (Å²) in [4.78, 5) is 24.9. The van der Waals surface area contributed by atoms with Gasteiger partial charge in [0.05, 0.1) is 30.4 Å². The Morgan fingerprint density at radius 1 is 0.909 bits per heavy atom. The molecule has 33 heavy (non-hydrogen) atoms. The maximum absolute atomic E-state index is 12.6. The SMILES string of the molecule is COC(C)COc1ccc(C(=O)OC2COC3C(OC(=O)c4ccc(O)cc4)COC23)cc1. The molecule has 4 rings (SSSR count). The van der Waals surface area contributed by atoms with Crippen molar-refractivity contribution in [1.82, 2.24) is 0 Å². The Kier molecular flexibility index (Phi) is 7.12. The second-order valence-corrected chi connectivity index (χ2v) is 7.91. The number of aromatic hydroxyl groups is 1. The van der Waals surface area contributed by atoms with E-state index >= 15 is 0 Å². The molecule has 0 saturated carbocycles. The van der Waals surface area contributed by atoms with Crippen LogP contribution in [0.15, 0.2) is 48.5 Å². The normalized spacial score (nSPS) is 24.7. The van der Waals surface area contributed by atoms with Gasteiger partial charge in [0, 0.05) is 7.11 Å². The van der Waals surface area contributed by atoms with E-state index < -0.39 is 36.4 Å². The predicted molar refractivity (Wildman–Crippen MR) is 114 cm³/mol. The number of phenolic OH excluding ortho intramolecular Hbond substituents is 1. The summed E-state index contributed by atoms with van der Waals surface area (Å²) in [5, 5.41) is 9.35. The average molecular weight is 458 g/mol. The van der Waals surface area contributed by atoms with Gasteiger partial charge in [-0.1, -0.05) is 0 Å². The van der Waals surface area contributed by atoms with Crippen LogP contribution in [-0.2, 0) is 23.7 Å². The standard InChI is InChI=1S/C24H26O9/c1-14(28-2)11-29-18-9-5-16(6-10-18)24(27)33-20-13-31-21-19(12-30-22(20)21)32-23(26)15-3-7-17(25)8-4-15/h3-10,14,19-22,25H,11-13H2,1-2H3. The minimum absolute atomic E-state index is 0.0412. The summed E-state index contributed by atoms with van der Waals surface area (Å²) in [5.74, 6) is -0.371. The third-order valence-corrected chi connectivity index (χ3v) is 5.56. The van der Waals surface area contributed by atoms with E-state index in [9.17, 15) is 14.7 Å². The fourth-order valence-corrected chi connectivity index (χ4v) is 3.61. The number of phenols is 1. The second kappa shape index (κ2) is 10.2. The highest BCUT2D eigenvalue weighted by Gasteiger charge is 2.51. The summed E-state index contributed by atoms with van der Waals surface area (Å²) >= 11 is 0. The van der Waals surface area contributed by atoms with Crippen molar-refractivity contribution < 1.29 is 43.1 Å². The van der Waals surface area contributed by atoms with E-state index in [4.69, 9.17) is 28.4 Å². The van der Waals surface area contributed by atoms with Gasteiger partial charge in [-0.2, -0.15) is 0 Å². The monoisotopic (exact) mass is 458 g/mol. The van der Waals surface area contributed by atoms with Crippen LogP contribution < -0.4 is 4.74 Å². The first-order valence-electron chi connectivity index (χ1n) is 10.6. The summed E-state index contributed by atoms with van der Waals surface area (Å²) in [6, 6.07) is 12.4. The van der Waals surface area contributed by atoms with Gasteiger partial charge in [0.2, 0.25) is 0 Å². The van der Waals surface area contributed by atoms with Gasteiger partial charge < -0.3 is 33.5 Å². The molecule has 0 spiro atoms. The molecule has 2 aromatic carbocycles. The van der Waals surface area contributed by atoms with Gasteiger partial charge >= 0.3 is 11.9 Å². The first-order valence-corrected chi connectivity index (χ1v) is 10.6. The van der Waals surface area contributed by atoms with Crippen LogP contribution in [0.1, 0.15) is 27.6 Å².